The fourth-order valence-corrected chi connectivity index (χ4v) is 2.85. The summed E-state index contributed by atoms with van der Waals surface area (Å²) >= 11 is 0. The van der Waals surface area contributed by atoms with Gasteiger partial charge in [0, 0.05) is 23.3 Å². The van der Waals surface area contributed by atoms with E-state index in [0.717, 1.165) is 17.1 Å². The lowest BCUT2D eigenvalue weighted by molar-refractivity contribution is 0.429. The summed E-state index contributed by atoms with van der Waals surface area (Å²) in [6.45, 7) is 5.82. The van der Waals surface area contributed by atoms with Crippen LogP contribution in [-0.2, 0) is 0 Å². The van der Waals surface area contributed by atoms with Crippen molar-refractivity contribution < 1.29 is 4.52 Å². The molecule has 0 radical (unpaired) electrons. The maximum Gasteiger partial charge on any atom is 0.297 e. The molecule has 5 rings (SSSR count). The maximum atomic E-state index is 5.36. The molecule has 0 amide bonds. The van der Waals surface area contributed by atoms with E-state index < -0.39 is 0 Å². The number of nitrogens with zero attached hydrogens (tertiary/aromatic N) is 9. The summed E-state index contributed by atoms with van der Waals surface area (Å²) in [6.07, 6.45) is 3.35. The summed E-state index contributed by atoms with van der Waals surface area (Å²) in [5, 5.41) is 12.8. The van der Waals surface area contributed by atoms with E-state index in [4.69, 9.17) is 4.52 Å². The smallest absolute Gasteiger partial charge is 0.297 e. The van der Waals surface area contributed by atoms with Crippen molar-refractivity contribution in [1.29, 1.82) is 0 Å². The van der Waals surface area contributed by atoms with Crippen LogP contribution in [0.5, 0.6) is 0 Å². The molecule has 0 aliphatic heterocycles. The van der Waals surface area contributed by atoms with E-state index >= 15 is 0 Å². The molecule has 5 heterocycles. The molecule has 0 saturated heterocycles. The summed E-state index contributed by atoms with van der Waals surface area (Å²) in [5.41, 5.74) is 4.14. The molecule has 0 aliphatic rings. The second-order valence-corrected chi connectivity index (χ2v) is 5.99. The highest BCUT2D eigenvalue weighted by Crippen LogP contribution is 2.24. The van der Waals surface area contributed by atoms with Gasteiger partial charge in [-0.25, -0.2) is 19.0 Å². The van der Waals surface area contributed by atoms with Crippen LogP contribution in [0.15, 0.2) is 29.0 Å². The molecular formula is C16H13N9O. The first-order chi connectivity index (χ1) is 12.6. The first-order valence-corrected chi connectivity index (χ1v) is 7.95. The lowest BCUT2D eigenvalue weighted by Crippen LogP contribution is -1.97. The molecule has 0 saturated carbocycles. The predicted molar refractivity (Wildman–Crippen MR) is 90.3 cm³/mol. The maximum absolute atomic E-state index is 5.36. The molecule has 0 bridgehead atoms. The zero-order chi connectivity index (χ0) is 17.8. The summed E-state index contributed by atoms with van der Waals surface area (Å²) in [4.78, 5) is 17.5. The van der Waals surface area contributed by atoms with Gasteiger partial charge in [0.2, 0.25) is 11.6 Å². The second-order valence-electron chi connectivity index (χ2n) is 5.99. The van der Waals surface area contributed by atoms with Gasteiger partial charge < -0.3 is 4.52 Å². The first-order valence-electron chi connectivity index (χ1n) is 7.95. The van der Waals surface area contributed by atoms with Crippen LogP contribution in [0.25, 0.3) is 34.5 Å². The highest BCUT2D eigenvalue weighted by molar-refractivity contribution is 5.72. The summed E-state index contributed by atoms with van der Waals surface area (Å²) in [6, 6.07) is 3.81. The Morgan fingerprint density at radius 3 is 2.69 bits per heavy atom. The molecule has 0 aromatic carbocycles. The SMILES string of the molecule is Cc1cc(C)n2ncc(-c3noc(-c4nc5nccc(C)n5n4)n3)c2n1. The topological polar surface area (TPSA) is 112 Å². The third kappa shape index (κ3) is 2.08. The Bertz CT molecular complexity index is 1280. The third-order valence-corrected chi connectivity index (χ3v) is 4.07. The number of hydrogen-bond acceptors (Lipinski definition) is 8. The van der Waals surface area contributed by atoms with Gasteiger partial charge in [-0.15, -0.1) is 5.10 Å². The van der Waals surface area contributed by atoms with E-state index in [1.54, 1.807) is 21.4 Å². The van der Waals surface area contributed by atoms with Crippen LogP contribution in [0, 0.1) is 20.8 Å². The van der Waals surface area contributed by atoms with Crippen LogP contribution >= 0.6 is 0 Å². The minimum absolute atomic E-state index is 0.216. The van der Waals surface area contributed by atoms with Crippen LogP contribution < -0.4 is 0 Å². The van der Waals surface area contributed by atoms with Crippen molar-refractivity contribution in [3.8, 4) is 23.1 Å². The highest BCUT2D eigenvalue weighted by atomic mass is 16.5. The van der Waals surface area contributed by atoms with Gasteiger partial charge in [0.25, 0.3) is 11.7 Å². The van der Waals surface area contributed by atoms with Crippen LogP contribution in [-0.4, -0.2) is 44.3 Å². The molecule has 10 nitrogen and oxygen atoms in total. The third-order valence-electron chi connectivity index (χ3n) is 4.07. The van der Waals surface area contributed by atoms with Crippen molar-refractivity contribution in [1.82, 2.24) is 44.3 Å². The minimum atomic E-state index is 0.216. The number of aryl methyl sites for hydroxylation is 3. The van der Waals surface area contributed by atoms with Crippen LogP contribution in [0.2, 0.25) is 0 Å². The van der Waals surface area contributed by atoms with Gasteiger partial charge in [-0.3, -0.25) is 0 Å². The summed E-state index contributed by atoms with van der Waals surface area (Å²) in [5.74, 6) is 1.40. The molecule has 0 spiro atoms. The van der Waals surface area contributed by atoms with Crippen molar-refractivity contribution in [2.24, 2.45) is 0 Å². The zero-order valence-corrected chi connectivity index (χ0v) is 14.2. The van der Waals surface area contributed by atoms with Gasteiger partial charge >= 0.3 is 0 Å². The Balaban J connectivity index is 1.63. The fraction of sp³-hybridized carbons (Fsp3) is 0.188. The molecule has 0 unspecified atom stereocenters. The van der Waals surface area contributed by atoms with Gasteiger partial charge in [-0.2, -0.15) is 15.1 Å². The molecule has 0 atom stereocenters. The molecule has 5 aromatic rings. The van der Waals surface area contributed by atoms with Gasteiger partial charge in [0.15, 0.2) is 5.65 Å². The average molecular weight is 347 g/mol. The minimum Gasteiger partial charge on any atom is -0.330 e. The second kappa shape index (κ2) is 5.15. The van der Waals surface area contributed by atoms with Crippen LogP contribution in [0.1, 0.15) is 17.1 Å². The van der Waals surface area contributed by atoms with E-state index in [9.17, 15) is 0 Å². The molecule has 26 heavy (non-hydrogen) atoms. The summed E-state index contributed by atoms with van der Waals surface area (Å²) < 4.78 is 8.73. The Hall–Kier alpha value is -3.69. The molecule has 128 valence electrons. The average Bonchev–Trinajstić information content (AvgIpc) is 3.31. The normalized spacial score (nSPS) is 11.7. The molecule has 0 N–H and O–H groups in total. The number of hydrogen-bond donors (Lipinski definition) is 0. The van der Waals surface area contributed by atoms with Gasteiger partial charge in [-0.05, 0) is 32.9 Å². The van der Waals surface area contributed by atoms with E-state index in [0.29, 0.717) is 28.6 Å². The van der Waals surface area contributed by atoms with Gasteiger partial charge in [0.05, 0.1) is 11.8 Å². The van der Waals surface area contributed by atoms with Crippen molar-refractivity contribution >= 4 is 11.4 Å². The Morgan fingerprint density at radius 2 is 1.85 bits per heavy atom. The number of aromatic nitrogens is 9. The van der Waals surface area contributed by atoms with E-state index in [1.807, 2.05) is 32.9 Å². The van der Waals surface area contributed by atoms with Gasteiger partial charge in [-0.1, -0.05) is 5.16 Å². The van der Waals surface area contributed by atoms with Crippen LogP contribution in [0.4, 0.5) is 0 Å². The van der Waals surface area contributed by atoms with Crippen molar-refractivity contribution in [2.45, 2.75) is 20.8 Å². The lowest BCUT2D eigenvalue weighted by Gasteiger charge is -2.00. The van der Waals surface area contributed by atoms with Gasteiger partial charge in [0.1, 0.15) is 0 Å². The molecule has 10 heteroatoms. The van der Waals surface area contributed by atoms with Crippen molar-refractivity contribution in [3.63, 3.8) is 0 Å². The lowest BCUT2D eigenvalue weighted by atomic mass is 10.3. The standard InChI is InChI=1S/C16H13N9O/c1-8-6-10(3)24-14(19-8)11(7-18-24)12-20-15(26-23-12)13-21-16-17-5-4-9(2)25(16)22-13/h4-7H,1-3H3. The molecular weight excluding hydrogens is 334 g/mol. The first kappa shape index (κ1) is 14.6. The fourth-order valence-electron chi connectivity index (χ4n) is 2.85. The van der Waals surface area contributed by atoms with E-state index in [-0.39, 0.29) is 5.89 Å². The molecule has 0 aliphatic carbocycles. The Labute approximate surface area is 146 Å². The largest absolute Gasteiger partial charge is 0.330 e. The Morgan fingerprint density at radius 1 is 0.962 bits per heavy atom. The Kier molecular flexibility index (Phi) is 2.90. The summed E-state index contributed by atoms with van der Waals surface area (Å²) in [7, 11) is 0. The number of rotatable bonds is 2. The molecule has 0 fully saturated rings. The predicted octanol–water partition coefficient (Wildman–Crippen LogP) is 1.81. The van der Waals surface area contributed by atoms with Crippen molar-refractivity contribution in [3.05, 3.63) is 41.6 Å². The van der Waals surface area contributed by atoms with Crippen LogP contribution in [0.3, 0.4) is 0 Å². The highest BCUT2D eigenvalue weighted by Gasteiger charge is 2.19. The molecule has 5 aromatic heterocycles. The van der Waals surface area contributed by atoms with Crippen molar-refractivity contribution in [2.75, 3.05) is 0 Å². The van der Waals surface area contributed by atoms with E-state index in [1.165, 1.54) is 0 Å². The van der Waals surface area contributed by atoms with E-state index in [2.05, 4.69) is 35.3 Å². The number of fused-ring (bicyclic) bond motifs is 2. The monoisotopic (exact) mass is 347 g/mol. The quantitative estimate of drug-likeness (QED) is 0.475. The zero-order valence-electron chi connectivity index (χ0n) is 14.2.